The van der Waals surface area contributed by atoms with E-state index in [1.807, 2.05) is 0 Å². The summed E-state index contributed by atoms with van der Waals surface area (Å²) in [6, 6.07) is 3.46. The second-order valence-electron chi connectivity index (χ2n) is 5.68. The fraction of sp³-hybridized carbons (Fsp3) is 0.429. The van der Waals surface area contributed by atoms with E-state index in [0.717, 1.165) is 30.2 Å². The largest absolute Gasteiger partial charge is 0.369 e. The Morgan fingerprint density at radius 3 is 2.73 bits per heavy atom. The molecule has 0 aliphatic heterocycles. The number of halogens is 1. The van der Waals surface area contributed by atoms with E-state index in [0.29, 0.717) is 16.6 Å². The van der Waals surface area contributed by atoms with Crippen molar-refractivity contribution in [3.05, 3.63) is 22.2 Å². The number of H-pyrrole nitrogens is 1. The van der Waals surface area contributed by atoms with Crippen molar-refractivity contribution >= 4 is 38.8 Å². The van der Waals surface area contributed by atoms with Gasteiger partial charge in [-0.15, -0.1) is 0 Å². The highest BCUT2D eigenvalue weighted by Gasteiger charge is 2.39. The maximum Gasteiger partial charge on any atom is 0.253 e. The van der Waals surface area contributed by atoms with E-state index < -0.39 is 5.41 Å². The van der Waals surface area contributed by atoms with Crippen LogP contribution in [-0.4, -0.2) is 33.8 Å². The zero-order chi connectivity index (χ0) is 15.7. The molecule has 0 spiro atoms. The molecule has 4 N–H and O–H groups in total. The number of carbonyl (C=O) groups excluding carboxylic acids is 2. The maximum absolute atomic E-state index is 12.5. The Morgan fingerprint density at radius 1 is 1.32 bits per heavy atom. The average molecular weight is 366 g/mol. The molecule has 1 heterocycles. The minimum atomic E-state index is -0.620. The molecule has 22 heavy (non-hydrogen) atoms. The lowest BCUT2D eigenvalue weighted by atomic mass is 9.85. The van der Waals surface area contributed by atoms with Gasteiger partial charge in [0.2, 0.25) is 5.91 Å². The summed E-state index contributed by atoms with van der Waals surface area (Å²) in [5, 5.41) is 13.3. The van der Waals surface area contributed by atoms with Crippen LogP contribution in [0.25, 0.3) is 11.0 Å². The van der Waals surface area contributed by atoms with Gasteiger partial charge in [0.05, 0.1) is 11.0 Å². The summed E-state index contributed by atoms with van der Waals surface area (Å²) in [6.07, 6.45) is 3.37. The van der Waals surface area contributed by atoms with Crippen LogP contribution >= 0.6 is 15.9 Å². The second-order valence-corrected chi connectivity index (χ2v) is 6.59. The first-order valence-corrected chi connectivity index (χ1v) is 7.89. The highest BCUT2D eigenvalue weighted by Crippen LogP contribution is 2.37. The Kier molecular flexibility index (Phi) is 3.86. The Labute approximate surface area is 135 Å². The predicted octanol–water partition coefficient (Wildman–Crippen LogP) is 1.50. The number of hydrogen-bond donors (Lipinski definition) is 3. The van der Waals surface area contributed by atoms with Gasteiger partial charge in [-0.1, -0.05) is 28.8 Å². The van der Waals surface area contributed by atoms with Crippen molar-refractivity contribution in [2.75, 3.05) is 6.54 Å². The van der Waals surface area contributed by atoms with E-state index in [4.69, 9.17) is 5.73 Å². The summed E-state index contributed by atoms with van der Waals surface area (Å²) in [7, 11) is 0. The van der Waals surface area contributed by atoms with Gasteiger partial charge in [-0.2, -0.15) is 15.4 Å². The van der Waals surface area contributed by atoms with E-state index in [2.05, 4.69) is 36.7 Å². The normalized spacial score (nSPS) is 16.8. The van der Waals surface area contributed by atoms with Crippen LogP contribution in [0.4, 0.5) is 0 Å². The summed E-state index contributed by atoms with van der Waals surface area (Å²) in [5.74, 6) is -0.626. The van der Waals surface area contributed by atoms with Gasteiger partial charge in [0.15, 0.2) is 0 Å². The molecule has 0 radical (unpaired) electrons. The molecule has 3 rings (SSSR count). The Bertz CT molecular complexity index is 736. The van der Waals surface area contributed by atoms with Gasteiger partial charge < -0.3 is 11.1 Å². The molecule has 1 aromatic carbocycles. The summed E-state index contributed by atoms with van der Waals surface area (Å²) < 4.78 is 0.740. The monoisotopic (exact) mass is 365 g/mol. The number of amides is 2. The minimum absolute atomic E-state index is 0.257. The van der Waals surface area contributed by atoms with E-state index in [1.54, 1.807) is 12.1 Å². The highest BCUT2D eigenvalue weighted by atomic mass is 79.9. The molecule has 116 valence electrons. The highest BCUT2D eigenvalue weighted by molar-refractivity contribution is 9.10. The SMILES string of the molecule is NC(=O)C1(CNC(=O)c2cc(Br)cc3n[nH]nc23)CCCC1. The summed E-state index contributed by atoms with van der Waals surface area (Å²) in [4.78, 5) is 24.2. The van der Waals surface area contributed by atoms with Gasteiger partial charge in [0.25, 0.3) is 5.91 Å². The molecule has 1 fully saturated rings. The molecular weight excluding hydrogens is 350 g/mol. The molecule has 2 amide bonds. The number of benzene rings is 1. The van der Waals surface area contributed by atoms with Gasteiger partial charge >= 0.3 is 0 Å². The lowest BCUT2D eigenvalue weighted by molar-refractivity contribution is -0.127. The number of rotatable bonds is 4. The van der Waals surface area contributed by atoms with E-state index in [9.17, 15) is 9.59 Å². The van der Waals surface area contributed by atoms with Crippen molar-refractivity contribution in [3.63, 3.8) is 0 Å². The van der Waals surface area contributed by atoms with Crippen LogP contribution < -0.4 is 11.1 Å². The number of aromatic amines is 1. The standard InChI is InChI=1S/C14H16BrN5O2/c15-8-5-9(11-10(6-8)18-20-19-11)12(21)17-7-14(13(16)22)3-1-2-4-14/h5-6H,1-4,7H2,(H2,16,22)(H,17,21)(H,18,19,20). The summed E-state index contributed by atoms with van der Waals surface area (Å²) >= 11 is 3.35. The smallest absolute Gasteiger partial charge is 0.253 e. The molecule has 7 nitrogen and oxygen atoms in total. The van der Waals surface area contributed by atoms with E-state index >= 15 is 0 Å². The molecule has 0 saturated heterocycles. The van der Waals surface area contributed by atoms with Crippen molar-refractivity contribution in [1.29, 1.82) is 0 Å². The van der Waals surface area contributed by atoms with Gasteiger partial charge in [0.1, 0.15) is 11.0 Å². The summed E-state index contributed by atoms with van der Waals surface area (Å²) in [5.41, 5.74) is 6.43. The quantitative estimate of drug-likeness (QED) is 0.761. The molecule has 8 heteroatoms. The lowest BCUT2D eigenvalue weighted by Gasteiger charge is -2.25. The topological polar surface area (TPSA) is 114 Å². The van der Waals surface area contributed by atoms with Crippen molar-refractivity contribution in [1.82, 2.24) is 20.7 Å². The molecule has 1 aromatic heterocycles. The van der Waals surface area contributed by atoms with Gasteiger partial charge in [0, 0.05) is 11.0 Å². The van der Waals surface area contributed by atoms with Gasteiger partial charge in [-0.25, -0.2) is 0 Å². The van der Waals surface area contributed by atoms with Crippen LogP contribution in [0.3, 0.4) is 0 Å². The van der Waals surface area contributed by atoms with Crippen molar-refractivity contribution < 1.29 is 9.59 Å². The zero-order valence-corrected chi connectivity index (χ0v) is 13.4. The van der Waals surface area contributed by atoms with E-state index in [-0.39, 0.29) is 18.4 Å². The maximum atomic E-state index is 12.5. The second kappa shape index (κ2) is 5.68. The molecule has 0 unspecified atom stereocenters. The number of fused-ring (bicyclic) bond motifs is 1. The van der Waals surface area contributed by atoms with Gasteiger partial charge in [-0.3, -0.25) is 9.59 Å². The summed E-state index contributed by atoms with van der Waals surface area (Å²) in [6.45, 7) is 0.257. The van der Waals surface area contributed by atoms with Gasteiger partial charge in [-0.05, 0) is 25.0 Å². The molecule has 2 aromatic rings. The third kappa shape index (κ3) is 2.58. The zero-order valence-electron chi connectivity index (χ0n) is 11.9. The van der Waals surface area contributed by atoms with Crippen LogP contribution in [0.15, 0.2) is 16.6 Å². The molecule has 1 saturated carbocycles. The minimum Gasteiger partial charge on any atom is -0.369 e. The number of carbonyl (C=O) groups is 2. The average Bonchev–Trinajstić information content (AvgIpc) is 3.13. The Morgan fingerprint density at radius 2 is 2.05 bits per heavy atom. The first-order chi connectivity index (χ1) is 10.5. The van der Waals surface area contributed by atoms with Crippen molar-refractivity contribution in [2.24, 2.45) is 11.1 Å². The van der Waals surface area contributed by atoms with E-state index in [1.165, 1.54) is 0 Å². The fourth-order valence-corrected chi connectivity index (χ4v) is 3.44. The van der Waals surface area contributed by atoms with Crippen LogP contribution in [0.1, 0.15) is 36.0 Å². The third-order valence-corrected chi connectivity index (χ3v) is 4.76. The molecule has 1 aliphatic rings. The van der Waals surface area contributed by atoms with Crippen LogP contribution in [0, 0.1) is 5.41 Å². The third-order valence-electron chi connectivity index (χ3n) is 4.30. The first-order valence-electron chi connectivity index (χ1n) is 7.10. The number of hydrogen-bond acceptors (Lipinski definition) is 4. The Balaban J connectivity index is 1.82. The van der Waals surface area contributed by atoms with Crippen LogP contribution in [-0.2, 0) is 4.79 Å². The molecular formula is C14H16BrN5O2. The fourth-order valence-electron chi connectivity index (χ4n) is 3.00. The lowest BCUT2D eigenvalue weighted by Crippen LogP contribution is -2.44. The van der Waals surface area contributed by atoms with Crippen LogP contribution in [0.5, 0.6) is 0 Å². The van der Waals surface area contributed by atoms with Crippen molar-refractivity contribution in [2.45, 2.75) is 25.7 Å². The van der Waals surface area contributed by atoms with Crippen molar-refractivity contribution in [3.8, 4) is 0 Å². The predicted molar refractivity (Wildman–Crippen MR) is 84.0 cm³/mol. The number of nitrogens with two attached hydrogens (primary N) is 1. The molecule has 0 bridgehead atoms. The molecule has 1 aliphatic carbocycles. The van der Waals surface area contributed by atoms with Crippen LogP contribution in [0.2, 0.25) is 0 Å². The first kappa shape index (κ1) is 15.0. The number of nitrogens with zero attached hydrogens (tertiary/aromatic N) is 2. The number of aromatic nitrogens is 3. The Hall–Kier alpha value is -1.96. The molecule has 0 atom stereocenters. The number of primary amides is 1. The number of nitrogens with one attached hydrogen (secondary N) is 2.